The minimum absolute atomic E-state index is 0.0950. The van der Waals surface area contributed by atoms with E-state index in [2.05, 4.69) is 12.2 Å². The number of rotatable bonds is 6. The van der Waals surface area contributed by atoms with Gasteiger partial charge in [0.25, 0.3) is 0 Å². The number of halogens is 1. The smallest absolute Gasteiger partial charge is 0.123 e. The summed E-state index contributed by atoms with van der Waals surface area (Å²) < 4.78 is 19.0. The highest BCUT2D eigenvalue weighted by atomic mass is 19.1. The van der Waals surface area contributed by atoms with Crippen LogP contribution in [0.5, 0.6) is 5.75 Å². The van der Waals surface area contributed by atoms with E-state index in [4.69, 9.17) is 4.74 Å². The highest BCUT2D eigenvalue weighted by molar-refractivity contribution is 5.48. The maximum Gasteiger partial charge on any atom is 0.123 e. The van der Waals surface area contributed by atoms with Gasteiger partial charge in [0, 0.05) is 5.69 Å². The van der Waals surface area contributed by atoms with Crippen LogP contribution < -0.4 is 10.1 Å². The van der Waals surface area contributed by atoms with Crippen molar-refractivity contribution >= 4 is 5.69 Å². The van der Waals surface area contributed by atoms with Gasteiger partial charge in [-0.25, -0.2) is 4.39 Å². The zero-order valence-corrected chi connectivity index (χ0v) is 12.8. The van der Waals surface area contributed by atoms with Gasteiger partial charge in [0.15, 0.2) is 0 Å². The first-order chi connectivity index (χ1) is 10.1. The minimum atomic E-state index is -0.201. The molecule has 21 heavy (non-hydrogen) atoms. The summed E-state index contributed by atoms with van der Waals surface area (Å²) in [6.07, 6.45) is 1.05. The average Bonchev–Trinajstić information content (AvgIpc) is 2.46. The molecule has 112 valence electrons. The van der Waals surface area contributed by atoms with Crippen LogP contribution in [0.4, 0.5) is 10.1 Å². The molecule has 0 saturated heterocycles. The number of benzene rings is 2. The van der Waals surface area contributed by atoms with Crippen LogP contribution in [-0.2, 0) is 0 Å². The fourth-order valence-electron chi connectivity index (χ4n) is 2.25. The second-order valence-corrected chi connectivity index (χ2v) is 5.35. The van der Waals surface area contributed by atoms with E-state index in [1.165, 1.54) is 6.07 Å². The molecular formula is C18H22FNO. The summed E-state index contributed by atoms with van der Waals surface area (Å²) in [5.41, 5.74) is 1.96. The van der Waals surface area contributed by atoms with Crippen LogP contribution in [0.3, 0.4) is 0 Å². The van der Waals surface area contributed by atoms with Gasteiger partial charge in [-0.2, -0.15) is 0 Å². The maximum absolute atomic E-state index is 13.3. The Balaban J connectivity index is 2.08. The van der Waals surface area contributed by atoms with Gasteiger partial charge in [-0.15, -0.1) is 0 Å². The Hall–Kier alpha value is -2.03. The van der Waals surface area contributed by atoms with Crippen molar-refractivity contribution in [3.8, 4) is 5.75 Å². The van der Waals surface area contributed by atoms with Crippen LogP contribution in [0, 0.1) is 5.82 Å². The predicted molar refractivity (Wildman–Crippen MR) is 85.3 cm³/mol. The topological polar surface area (TPSA) is 21.3 Å². The van der Waals surface area contributed by atoms with Crippen LogP contribution in [-0.4, -0.2) is 6.10 Å². The first-order valence-electron chi connectivity index (χ1n) is 7.37. The normalized spacial score (nSPS) is 12.2. The Morgan fingerprint density at radius 3 is 2.38 bits per heavy atom. The van der Waals surface area contributed by atoms with E-state index in [1.54, 1.807) is 12.1 Å². The lowest BCUT2D eigenvalue weighted by molar-refractivity contribution is 0.242. The van der Waals surface area contributed by atoms with Gasteiger partial charge in [-0.3, -0.25) is 0 Å². The van der Waals surface area contributed by atoms with Crippen molar-refractivity contribution in [3.63, 3.8) is 0 Å². The lowest BCUT2D eigenvalue weighted by Crippen LogP contribution is -2.10. The largest absolute Gasteiger partial charge is 0.491 e. The maximum atomic E-state index is 13.3. The molecule has 0 bridgehead atoms. The highest BCUT2D eigenvalue weighted by Gasteiger charge is 2.10. The zero-order chi connectivity index (χ0) is 15.2. The second-order valence-electron chi connectivity index (χ2n) is 5.35. The first kappa shape index (κ1) is 15.4. The molecule has 0 radical (unpaired) electrons. The summed E-state index contributed by atoms with van der Waals surface area (Å²) in [7, 11) is 0. The molecule has 1 N–H and O–H groups in total. The molecule has 2 aromatic rings. The molecule has 2 nitrogen and oxygen atoms in total. The van der Waals surface area contributed by atoms with Crippen LogP contribution in [0.25, 0.3) is 0 Å². The lowest BCUT2D eigenvalue weighted by atomic mass is 10.0. The molecule has 0 spiro atoms. The zero-order valence-electron chi connectivity index (χ0n) is 12.8. The standard InChI is InChI=1S/C18H22FNO/c1-4-18(14-6-5-7-15(19)12-14)20-16-8-10-17(11-9-16)21-13(2)3/h5-13,18,20H,4H2,1-3H3. The summed E-state index contributed by atoms with van der Waals surface area (Å²) in [5.74, 6) is 0.655. The van der Waals surface area contributed by atoms with Crippen LogP contribution in [0.15, 0.2) is 48.5 Å². The summed E-state index contributed by atoms with van der Waals surface area (Å²) in [6, 6.07) is 14.7. The molecule has 0 fully saturated rings. The SMILES string of the molecule is CCC(Nc1ccc(OC(C)C)cc1)c1cccc(F)c1. The molecule has 0 aromatic heterocycles. The number of nitrogens with one attached hydrogen (secondary N) is 1. The van der Waals surface area contributed by atoms with E-state index in [0.29, 0.717) is 0 Å². The number of anilines is 1. The lowest BCUT2D eigenvalue weighted by Gasteiger charge is -2.19. The molecule has 1 unspecified atom stereocenters. The Kier molecular flexibility index (Phi) is 5.20. The van der Waals surface area contributed by atoms with Gasteiger partial charge >= 0.3 is 0 Å². The molecular weight excluding hydrogens is 265 g/mol. The average molecular weight is 287 g/mol. The Bertz CT molecular complexity index is 566. The van der Waals surface area contributed by atoms with E-state index in [-0.39, 0.29) is 18.0 Å². The number of hydrogen-bond acceptors (Lipinski definition) is 2. The molecule has 0 amide bonds. The van der Waals surface area contributed by atoms with Gasteiger partial charge < -0.3 is 10.1 Å². The van der Waals surface area contributed by atoms with Gasteiger partial charge in [0.05, 0.1) is 12.1 Å². The van der Waals surface area contributed by atoms with E-state index < -0.39 is 0 Å². The van der Waals surface area contributed by atoms with E-state index in [0.717, 1.165) is 23.4 Å². The van der Waals surface area contributed by atoms with Crippen LogP contribution in [0.1, 0.15) is 38.8 Å². The van der Waals surface area contributed by atoms with E-state index >= 15 is 0 Å². The van der Waals surface area contributed by atoms with Gasteiger partial charge in [0.2, 0.25) is 0 Å². The van der Waals surface area contributed by atoms with Crippen molar-refractivity contribution in [2.75, 3.05) is 5.32 Å². The molecule has 0 heterocycles. The third-order valence-electron chi connectivity index (χ3n) is 3.23. The molecule has 0 saturated carbocycles. The quantitative estimate of drug-likeness (QED) is 0.790. The van der Waals surface area contributed by atoms with Crippen molar-refractivity contribution in [1.82, 2.24) is 0 Å². The summed E-state index contributed by atoms with van der Waals surface area (Å²) in [5, 5.41) is 3.43. The molecule has 1 atom stereocenters. The third kappa shape index (κ3) is 4.48. The van der Waals surface area contributed by atoms with Crippen molar-refractivity contribution in [2.45, 2.75) is 39.3 Å². The molecule has 0 aliphatic carbocycles. The minimum Gasteiger partial charge on any atom is -0.491 e. The molecule has 3 heteroatoms. The Morgan fingerprint density at radius 2 is 1.81 bits per heavy atom. The van der Waals surface area contributed by atoms with Crippen molar-refractivity contribution in [3.05, 3.63) is 59.9 Å². The van der Waals surface area contributed by atoms with E-state index in [9.17, 15) is 4.39 Å². The first-order valence-corrected chi connectivity index (χ1v) is 7.37. The second kappa shape index (κ2) is 7.11. The number of ether oxygens (including phenoxy) is 1. The summed E-state index contributed by atoms with van der Waals surface area (Å²) in [6.45, 7) is 6.09. The van der Waals surface area contributed by atoms with Crippen molar-refractivity contribution in [1.29, 1.82) is 0 Å². The fourth-order valence-corrected chi connectivity index (χ4v) is 2.25. The van der Waals surface area contributed by atoms with Crippen molar-refractivity contribution in [2.24, 2.45) is 0 Å². The van der Waals surface area contributed by atoms with Crippen molar-refractivity contribution < 1.29 is 9.13 Å². The van der Waals surface area contributed by atoms with E-state index in [1.807, 2.05) is 44.2 Å². The van der Waals surface area contributed by atoms with Gasteiger partial charge in [0.1, 0.15) is 11.6 Å². The molecule has 2 rings (SSSR count). The predicted octanol–water partition coefficient (Wildman–Crippen LogP) is 5.18. The summed E-state index contributed by atoms with van der Waals surface area (Å²) >= 11 is 0. The molecule has 0 aliphatic rings. The Morgan fingerprint density at radius 1 is 1.10 bits per heavy atom. The Labute approximate surface area is 126 Å². The monoisotopic (exact) mass is 287 g/mol. The summed E-state index contributed by atoms with van der Waals surface area (Å²) in [4.78, 5) is 0. The molecule has 0 aliphatic heterocycles. The highest BCUT2D eigenvalue weighted by Crippen LogP contribution is 2.24. The van der Waals surface area contributed by atoms with Crippen LogP contribution in [0.2, 0.25) is 0 Å². The fraction of sp³-hybridized carbons (Fsp3) is 0.333. The van der Waals surface area contributed by atoms with Gasteiger partial charge in [-0.05, 0) is 62.2 Å². The molecule has 2 aromatic carbocycles. The van der Waals surface area contributed by atoms with Gasteiger partial charge in [-0.1, -0.05) is 19.1 Å². The van der Waals surface area contributed by atoms with Crippen LogP contribution >= 0.6 is 0 Å². The third-order valence-corrected chi connectivity index (χ3v) is 3.23. The number of hydrogen-bond donors (Lipinski definition) is 1.